The largest absolute Gasteiger partial charge is 0.490 e. The lowest BCUT2D eigenvalue weighted by Gasteiger charge is -2.12. The zero-order valence-electron chi connectivity index (χ0n) is 17.4. The van der Waals surface area contributed by atoms with Crippen LogP contribution >= 0.6 is 0 Å². The zero-order valence-corrected chi connectivity index (χ0v) is 17.4. The summed E-state index contributed by atoms with van der Waals surface area (Å²) < 4.78 is 13.1. The van der Waals surface area contributed by atoms with Crippen molar-refractivity contribution in [3.8, 4) is 17.2 Å². The van der Waals surface area contributed by atoms with Crippen molar-refractivity contribution in [3.63, 3.8) is 0 Å². The minimum Gasteiger partial charge on any atom is -0.490 e. The summed E-state index contributed by atoms with van der Waals surface area (Å²) in [6.07, 6.45) is 7.86. The van der Waals surface area contributed by atoms with Crippen LogP contribution in [0.25, 0.3) is 11.8 Å². The second-order valence-corrected chi connectivity index (χ2v) is 6.67. The third-order valence-electron chi connectivity index (χ3n) is 4.28. The molecule has 0 radical (unpaired) electrons. The number of nitrogens with zero attached hydrogens (tertiary/aromatic N) is 2. The lowest BCUT2D eigenvalue weighted by Crippen LogP contribution is -2.19. The molecule has 6 heteroatoms. The Kier molecular flexibility index (Phi) is 7.66. The fraction of sp³-hybridized carbons (Fsp3) is 0.250. The average molecular weight is 405 g/mol. The van der Waals surface area contributed by atoms with Gasteiger partial charge in [0, 0.05) is 24.4 Å². The summed E-state index contributed by atoms with van der Waals surface area (Å²) in [5.41, 5.74) is 2.78. The van der Waals surface area contributed by atoms with Crippen molar-refractivity contribution in [2.24, 2.45) is 0 Å². The molecule has 0 atom stereocenters. The van der Waals surface area contributed by atoms with Gasteiger partial charge in [0.05, 0.1) is 25.1 Å². The maximum atomic E-state index is 12.2. The summed E-state index contributed by atoms with van der Waals surface area (Å²) in [4.78, 5) is 12.2. The smallest absolute Gasteiger partial charge is 0.244 e. The van der Waals surface area contributed by atoms with Crippen molar-refractivity contribution >= 4 is 12.0 Å². The Hall–Kier alpha value is -3.54. The van der Waals surface area contributed by atoms with E-state index in [1.54, 1.807) is 17.0 Å². The Morgan fingerprint density at radius 2 is 1.93 bits per heavy atom. The lowest BCUT2D eigenvalue weighted by molar-refractivity contribution is -0.116. The summed E-state index contributed by atoms with van der Waals surface area (Å²) in [6.45, 7) is 5.58. The van der Waals surface area contributed by atoms with E-state index in [4.69, 9.17) is 9.47 Å². The normalized spacial score (nSPS) is 10.9. The first-order chi connectivity index (χ1) is 14.7. The van der Waals surface area contributed by atoms with Crippen molar-refractivity contribution in [1.29, 1.82) is 0 Å². The molecule has 0 aliphatic heterocycles. The number of benzene rings is 2. The van der Waals surface area contributed by atoms with Crippen LogP contribution in [0.4, 0.5) is 0 Å². The van der Waals surface area contributed by atoms with Gasteiger partial charge in [0.1, 0.15) is 0 Å². The average Bonchev–Trinajstić information content (AvgIpc) is 3.25. The number of nitrogens with one attached hydrogen (secondary N) is 1. The van der Waals surface area contributed by atoms with Gasteiger partial charge in [-0.05, 0) is 49.2 Å². The first-order valence-corrected chi connectivity index (χ1v) is 10.1. The second-order valence-electron chi connectivity index (χ2n) is 6.67. The minimum absolute atomic E-state index is 0.174. The van der Waals surface area contributed by atoms with Gasteiger partial charge in [-0.2, -0.15) is 5.10 Å². The third-order valence-corrected chi connectivity index (χ3v) is 4.28. The summed E-state index contributed by atoms with van der Waals surface area (Å²) in [7, 11) is 0. The quantitative estimate of drug-likeness (QED) is 0.508. The van der Waals surface area contributed by atoms with Gasteiger partial charge < -0.3 is 14.8 Å². The van der Waals surface area contributed by atoms with Crippen molar-refractivity contribution in [2.75, 3.05) is 13.2 Å². The number of carbonyl (C=O) groups is 1. The van der Waals surface area contributed by atoms with E-state index < -0.39 is 0 Å². The van der Waals surface area contributed by atoms with Crippen molar-refractivity contribution in [2.45, 2.75) is 26.8 Å². The van der Waals surface area contributed by atoms with Gasteiger partial charge in [-0.15, -0.1) is 0 Å². The van der Waals surface area contributed by atoms with Crippen LogP contribution in [-0.4, -0.2) is 28.9 Å². The van der Waals surface area contributed by atoms with Gasteiger partial charge in [0.2, 0.25) is 5.91 Å². The van der Waals surface area contributed by atoms with Crippen molar-refractivity contribution in [1.82, 2.24) is 15.1 Å². The molecule has 1 heterocycles. The molecule has 0 bridgehead atoms. The van der Waals surface area contributed by atoms with Gasteiger partial charge in [0.15, 0.2) is 11.5 Å². The molecule has 0 aliphatic carbocycles. The topological polar surface area (TPSA) is 65.4 Å². The molecule has 2 aromatic carbocycles. The molecule has 6 nitrogen and oxygen atoms in total. The first-order valence-electron chi connectivity index (χ1n) is 10.1. The fourth-order valence-corrected chi connectivity index (χ4v) is 2.82. The third kappa shape index (κ3) is 5.98. The first kappa shape index (κ1) is 21.2. The van der Waals surface area contributed by atoms with Crippen LogP contribution in [0.2, 0.25) is 0 Å². The van der Waals surface area contributed by atoms with Crippen LogP contribution in [0.1, 0.15) is 31.4 Å². The molecule has 30 heavy (non-hydrogen) atoms. The molecule has 3 rings (SSSR count). The molecule has 3 aromatic rings. The van der Waals surface area contributed by atoms with Crippen LogP contribution in [0, 0.1) is 0 Å². The molecule has 0 fully saturated rings. The van der Waals surface area contributed by atoms with Gasteiger partial charge >= 0.3 is 0 Å². The maximum Gasteiger partial charge on any atom is 0.244 e. The number of rotatable bonds is 10. The van der Waals surface area contributed by atoms with E-state index in [1.807, 2.05) is 61.7 Å². The number of aromatic nitrogens is 2. The molecule has 0 unspecified atom stereocenters. The second kappa shape index (κ2) is 10.9. The van der Waals surface area contributed by atoms with E-state index in [1.165, 1.54) is 6.08 Å². The van der Waals surface area contributed by atoms with Crippen molar-refractivity contribution in [3.05, 3.63) is 78.1 Å². The molecule has 0 spiro atoms. The number of hydrogen-bond acceptors (Lipinski definition) is 4. The molecule has 0 saturated carbocycles. The van der Waals surface area contributed by atoms with Gasteiger partial charge in [-0.25, -0.2) is 4.68 Å². The van der Waals surface area contributed by atoms with Gasteiger partial charge in [0.25, 0.3) is 0 Å². The van der Waals surface area contributed by atoms with E-state index in [0.717, 1.165) is 29.0 Å². The van der Waals surface area contributed by atoms with Gasteiger partial charge in [-0.1, -0.05) is 31.2 Å². The molecule has 1 amide bonds. The van der Waals surface area contributed by atoms with E-state index in [0.29, 0.717) is 25.5 Å². The minimum atomic E-state index is -0.174. The number of para-hydroxylation sites is 1. The molecular weight excluding hydrogens is 378 g/mol. The monoisotopic (exact) mass is 405 g/mol. The van der Waals surface area contributed by atoms with Crippen LogP contribution in [0.15, 0.2) is 67.0 Å². The predicted molar refractivity (Wildman–Crippen MR) is 118 cm³/mol. The van der Waals surface area contributed by atoms with Gasteiger partial charge in [-0.3, -0.25) is 4.79 Å². The van der Waals surface area contributed by atoms with Crippen LogP contribution < -0.4 is 14.8 Å². The summed E-state index contributed by atoms with van der Waals surface area (Å²) in [6, 6.07) is 15.5. The highest BCUT2D eigenvalue weighted by Crippen LogP contribution is 2.29. The van der Waals surface area contributed by atoms with E-state index in [-0.39, 0.29) is 5.91 Å². The van der Waals surface area contributed by atoms with E-state index in [2.05, 4.69) is 17.3 Å². The number of hydrogen-bond donors (Lipinski definition) is 1. The molecular formula is C24H27N3O3. The van der Waals surface area contributed by atoms with Crippen LogP contribution in [-0.2, 0) is 11.3 Å². The Bertz CT molecular complexity index is 980. The SMILES string of the molecule is CCCOc1ccc(/C=C/C(=O)NCc2cnn(-c3ccccc3)c2)cc1OCC. The Morgan fingerprint density at radius 3 is 2.70 bits per heavy atom. The summed E-state index contributed by atoms with van der Waals surface area (Å²) >= 11 is 0. The predicted octanol–water partition coefficient (Wildman–Crippen LogP) is 4.39. The van der Waals surface area contributed by atoms with Crippen LogP contribution in [0.5, 0.6) is 11.5 Å². The molecule has 156 valence electrons. The summed E-state index contributed by atoms with van der Waals surface area (Å²) in [5, 5.41) is 7.21. The Labute approximate surface area is 177 Å². The molecule has 1 aromatic heterocycles. The van der Waals surface area contributed by atoms with E-state index >= 15 is 0 Å². The fourth-order valence-electron chi connectivity index (χ4n) is 2.82. The highest BCUT2D eigenvalue weighted by Gasteiger charge is 2.06. The van der Waals surface area contributed by atoms with Crippen molar-refractivity contribution < 1.29 is 14.3 Å². The number of amides is 1. The maximum absolute atomic E-state index is 12.2. The highest BCUT2D eigenvalue weighted by atomic mass is 16.5. The Morgan fingerprint density at radius 1 is 1.10 bits per heavy atom. The Balaban J connectivity index is 1.57. The standard InChI is InChI=1S/C24H27N3O3/c1-3-14-30-22-12-10-19(15-23(22)29-4-2)11-13-24(28)25-16-20-17-26-27(18-20)21-8-6-5-7-9-21/h5-13,15,17-18H,3-4,14,16H2,1-2H3,(H,25,28)/b13-11+. The molecule has 0 saturated heterocycles. The van der Waals surface area contributed by atoms with Crippen LogP contribution in [0.3, 0.4) is 0 Å². The highest BCUT2D eigenvalue weighted by molar-refractivity contribution is 5.91. The number of ether oxygens (including phenoxy) is 2. The number of carbonyl (C=O) groups excluding carboxylic acids is 1. The lowest BCUT2D eigenvalue weighted by atomic mass is 10.2. The zero-order chi connectivity index (χ0) is 21.2. The molecule has 0 aliphatic rings. The van der Waals surface area contributed by atoms with E-state index in [9.17, 15) is 4.79 Å². The molecule has 1 N–H and O–H groups in total. The summed E-state index contributed by atoms with van der Waals surface area (Å²) in [5.74, 6) is 1.23.